The predicted molar refractivity (Wildman–Crippen MR) is 113 cm³/mol. The van der Waals surface area contributed by atoms with Gasteiger partial charge in [-0.15, -0.1) is 0 Å². The van der Waals surface area contributed by atoms with E-state index in [9.17, 15) is 10.0 Å². The number of pyridine rings is 1. The lowest BCUT2D eigenvalue weighted by atomic mass is 9.96. The molecule has 0 saturated carbocycles. The van der Waals surface area contributed by atoms with Crippen molar-refractivity contribution >= 4 is 5.91 Å². The maximum Gasteiger partial charge on any atom is 0.254 e. The predicted octanol–water partition coefficient (Wildman–Crippen LogP) is 2.75. The standard InChI is InChI=1S/C23H31N3O3/c1-3-25(23(27)21-10-14-26(28)15-11-21)18-20-7-5-12-24(17-20)13-9-19-6-4-8-22(16-19)29-2/h4,6,8,10-11,14-16,20H,3,5,7,9,12-13,17-18H2,1-2H3/t20-/m1/s1. The highest BCUT2D eigenvalue weighted by Gasteiger charge is 2.24. The van der Waals surface area contributed by atoms with Gasteiger partial charge < -0.3 is 19.7 Å². The smallest absolute Gasteiger partial charge is 0.254 e. The van der Waals surface area contributed by atoms with E-state index in [4.69, 9.17) is 4.74 Å². The molecule has 1 aromatic heterocycles. The van der Waals surface area contributed by atoms with E-state index in [1.807, 2.05) is 24.0 Å². The molecule has 29 heavy (non-hydrogen) atoms. The fraction of sp³-hybridized carbons (Fsp3) is 0.478. The van der Waals surface area contributed by atoms with Crippen LogP contribution in [0.25, 0.3) is 0 Å². The van der Waals surface area contributed by atoms with Crippen LogP contribution in [0.2, 0.25) is 0 Å². The van der Waals surface area contributed by atoms with Gasteiger partial charge in [-0.25, -0.2) is 0 Å². The van der Waals surface area contributed by atoms with Crippen molar-refractivity contribution in [1.82, 2.24) is 9.80 Å². The highest BCUT2D eigenvalue weighted by atomic mass is 16.5. The van der Waals surface area contributed by atoms with Crippen LogP contribution in [0.4, 0.5) is 0 Å². The molecule has 1 aliphatic rings. The number of hydrogen-bond acceptors (Lipinski definition) is 4. The summed E-state index contributed by atoms with van der Waals surface area (Å²) in [6, 6.07) is 11.5. The van der Waals surface area contributed by atoms with Crippen molar-refractivity contribution in [1.29, 1.82) is 0 Å². The maximum absolute atomic E-state index is 12.8. The molecule has 1 atom stereocenters. The summed E-state index contributed by atoms with van der Waals surface area (Å²) in [6.45, 7) is 6.60. The Balaban J connectivity index is 1.53. The summed E-state index contributed by atoms with van der Waals surface area (Å²) >= 11 is 0. The van der Waals surface area contributed by atoms with Crippen molar-refractivity contribution in [3.63, 3.8) is 0 Å². The molecule has 0 radical (unpaired) electrons. The number of ether oxygens (including phenoxy) is 1. The van der Waals surface area contributed by atoms with Crippen LogP contribution in [0.1, 0.15) is 35.7 Å². The van der Waals surface area contributed by atoms with E-state index in [0.717, 1.165) is 51.2 Å². The topological polar surface area (TPSA) is 59.7 Å². The van der Waals surface area contributed by atoms with Crippen molar-refractivity contribution in [2.75, 3.05) is 39.8 Å². The molecule has 0 unspecified atom stereocenters. The Labute approximate surface area is 173 Å². The minimum absolute atomic E-state index is 0.00149. The van der Waals surface area contributed by atoms with Crippen LogP contribution in [0.15, 0.2) is 48.8 Å². The van der Waals surface area contributed by atoms with E-state index in [0.29, 0.717) is 22.8 Å². The second-order valence-electron chi connectivity index (χ2n) is 7.70. The molecule has 0 spiro atoms. The number of nitrogens with zero attached hydrogens (tertiary/aromatic N) is 3. The molecule has 2 aromatic rings. The Hall–Kier alpha value is -2.60. The summed E-state index contributed by atoms with van der Waals surface area (Å²) in [7, 11) is 1.70. The molecule has 6 nitrogen and oxygen atoms in total. The zero-order valence-corrected chi connectivity index (χ0v) is 17.4. The van der Waals surface area contributed by atoms with E-state index in [1.165, 1.54) is 18.0 Å². The summed E-state index contributed by atoms with van der Waals surface area (Å²) in [5.41, 5.74) is 1.86. The molecule has 1 fully saturated rings. The number of piperidine rings is 1. The monoisotopic (exact) mass is 397 g/mol. The molecule has 0 bridgehead atoms. The van der Waals surface area contributed by atoms with E-state index < -0.39 is 0 Å². The average molecular weight is 398 g/mol. The Kier molecular flexibility index (Phi) is 7.47. The van der Waals surface area contributed by atoms with Gasteiger partial charge in [0.15, 0.2) is 12.4 Å². The number of carbonyl (C=O) groups excluding carboxylic acids is 1. The Bertz CT molecular complexity index is 794. The van der Waals surface area contributed by atoms with E-state index in [2.05, 4.69) is 17.0 Å². The summed E-state index contributed by atoms with van der Waals surface area (Å²) in [6.07, 6.45) is 6.06. The molecule has 1 amide bonds. The molecule has 2 heterocycles. The molecular formula is C23H31N3O3. The van der Waals surface area contributed by atoms with Gasteiger partial charge >= 0.3 is 0 Å². The van der Waals surface area contributed by atoms with Crippen LogP contribution < -0.4 is 9.47 Å². The first-order chi connectivity index (χ1) is 14.1. The quantitative estimate of drug-likeness (QED) is 0.508. The summed E-state index contributed by atoms with van der Waals surface area (Å²) in [4.78, 5) is 17.2. The maximum atomic E-state index is 12.8. The largest absolute Gasteiger partial charge is 0.619 e. The lowest BCUT2D eigenvalue weighted by molar-refractivity contribution is -0.605. The van der Waals surface area contributed by atoms with Gasteiger partial charge in [-0.05, 0) is 56.3 Å². The van der Waals surface area contributed by atoms with Crippen molar-refractivity contribution < 1.29 is 14.3 Å². The molecule has 156 valence electrons. The van der Waals surface area contributed by atoms with Gasteiger partial charge in [0.2, 0.25) is 0 Å². The number of benzene rings is 1. The Morgan fingerprint density at radius 2 is 2.10 bits per heavy atom. The fourth-order valence-corrected chi connectivity index (χ4v) is 4.02. The van der Waals surface area contributed by atoms with Gasteiger partial charge in [0.25, 0.3) is 5.91 Å². The number of rotatable bonds is 8. The van der Waals surface area contributed by atoms with Gasteiger partial charge in [0.1, 0.15) is 5.75 Å². The minimum Gasteiger partial charge on any atom is -0.619 e. The Morgan fingerprint density at radius 1 is 1.31 bits per heavy atom. The van der Waals surface area contributed by atoms with Crippen molar-refractivity contribution in [3.8, 4) is 5.75 Å². The number of aromatic nitrogens is 1. The fourth-order valence-electron chi connectivity index (χ4n) is 4.02. The molecular weight excluding hydrogens is 366 g/mol. The van der Waals surface area contributed by atoms with Gasteiger partial charge in [-0.3, -0.25) is 4.79 Å². The number of amides is 1. The van der Waals surface area contributed by atoms with E-state index in [1.54, 1.807) is 19.2 Å². The van der Waals surface area contributed by atoms with Crippen molar-refractivity contribution in [2.24, 2.45) is 5.92 Å². The highest BCUT2D eigenvalue weighted by molar-refractivity contribution is 5.93. The first-order valence-corrected chi connectivity index (χ1v) is 10.4. The molecule has 3 rings (SSSR count). The SMILES string of the molecule is CCN(C[C@@H]1CCCN(CCc2cccc(OC)c2)C1)C(=O)c1cc[n+]([O-])cc1. The number of methoxy groups -OCH3 is 1. The van der Waals surface area contributed by atoms with E-state index >= 15 is 0 Å². The highest BCUT2D eigenvalue weighted by Crippen LogP contribution is 2.20. The number of carbonyl (C=O) groups is 1. The van der Waals surface area contributed by atoms with Gasteiger partial charge in [-0.2, -0.15) is 4.73 Å². The molecule has 6 heteroatoms. The van der Waals surface area contributed by atoms with Crippen LogP contribution in [0.3, 0.4) is 0 Å². The third kappa shape index (κ3) is 5.94. The Morgan fingerprint density at radius 3 is 2.83 bits per heavy atom. The van der Waals surface area contributed by atoms with Crippen LogP contribution in [-0.2, 0) is 6.42 Å². The summed E-state index contributed by atoms with van der Waals surface area (Å²) < 4.78 is 6.02. The minimum atomic E-state index is 0.00149. The number of hydrogen-bond donors (Lipinski definition) is 0. The zero-order valence-electron chi connectivity index (χ0n) is 17.4. The molecule has 0 aliphatic carbocycles. The van der Waals surface area contributed by atoms with Crippen LogP contribution in [0.5, 0.6) is 5.75 Å². The lowest BCUT2D eigenvalue weighted by Gasteiger charge is -2.35. The van der Waals surface area contributed by atoms with Crippen molar-refractivity contribution in [2.45, 2.75) is 26.2 Å². The lowest BCUT2D eigenvalue weighted by Crippen LogP contribution is -2.43. The third-order valence-electron chi connectivity index (χ3n) is 5.65. The van der Waals surface area contributed by atoms with Crippen LogP contribution in [-0.4, -0.2) is 55.5 Å². The molecule has 0 N–H and O–H groups in total. The molecule has 1 saturated heterocycles. The average Bonchev–Trinajstić information content (AvgIpc) is 2.76. The van der Waals surface area contributed by atoms with E-state index in [-0.39, 0.29) is 5.91 Å². The molecule has 1 aliphatic heterocycles. The molecule has 1 aromatic carbocycles. The van der Waals surface area contributed by atoms with Crippen LogP contribution >= 0.6 is 0 Å². The van der Waals surface area contributed by atoms with Gasteiger partial charge in [0, 0.05) is 38.3 Å². The first kappa shape index (κ1) is 21.1. The van der Waals surface area contributed by atoms with Gasteiger partial charge in [0.05, 0.1) is 12.7 Å². The van der Waals surface area contributed by atoms with Gasteiger partial charge in [-0.1, -0.05) is 12.1 Å². The van der Waals surface area contributed by atoms with Crippen LogP contribution in [0, 0.1) is 11.1 Å². The van der Waals surface area contributed by atoms with Crippen molar-refractivity contribution in [3.05, 3.63) is 65.1 Å². The summed E-state index contributed by atoms with van der Waals surface area (Å²) in [5, 5.41) is 11.2. The first-order valence-electron chi connectivity index (χ1n) is 10.4. The normalized spacial score (nSPS) is 17.1. The second kappa shape index (κ2) is 10.3. The number of likely N-dealkylation sites (tertiary alicyclic amines) is 1. The second-order valence-corrected chi connectivity index (χ2v) is 7.70. The third-order valence-corrected chi connectivity index (χ3v) is 5.65. The summed E-state index contributed by atoms with van der Waals surface area (Å²) in [5.74, 6) is 1.38. The zero-order chi connectivity index (χ0) is 20.6.